The second kappa shape index (κ2) is 5.37. The first kappa shape index (κ1) is 14.5. The second-order valence-corrected chi connectivity index (χ2v) is 6.78. The average Bonchev–Trinajstić information content (AvgIpc) is 2.55. The van der Waals surface area contributed by atoms with Crippen LogP contribution in [0, 0.1) is 13.8 Å². The molecule has 0 saturated carbocycles. The van der Waals surface area contributed by atoms with E-state index in [9.17, 15) is 8.42 Å². The number of sulfonamides is 1. The van der Waals surface area contributed by atoms with Gasteiger partial charge in [0.25, 0.3) is 0 Å². The highest BCUT2D eigenvalue weighted by Crippen LogP contribution is 2.22. The van der Waals surface area contributed by atoms with Crippen LogP contribution in [0.2, 0.25) is 0 Å². The number of hydrogen-bond acceptors (Lipinski definition) is 4. The quantitative estimate of drug-likeness (QED) is 0.773. The largest absolute Gasteiger partial charge is 0.360 e. The lowest BCUT2D eigenvalue weighted by Crippen LogP contribution is -2.29. The van der Waals surface area contributed by atoms with Gasteiger partial charge in [-0.1, -0.05) is 5.16 Å². The van der Waals surface area contributed by atoms with Gasteiger partial charge in [-0.3, -0.25) is 0 Å². The third kappa shape index (κ3) is 3.20. The Balaban J connectivity index is 2.96. The lowest BCUT2D eigenvalue weighted by Gasteiger charge is -2.17. The van der Waals surface area contributed by atoms with Crippen LogP contribution in [0.1, 0.15) is 24.8 Å². The molecular formula is C10H17ClN2O3S. The van der Waals surface area contributed by atoms with E-state index in [-0.39, 0.29) is 10.3 Å². The Morgan fingerprint density at radius 3 is 2.47 bits per heavy atom. The van der Waals surface area contributed by atoms with Crippen LogP contribution in [0.15, 0.2) is 9.42 Å². The maximum atomic E-state index is 12.2. The van der Waals surface area contributed by atoms with Crippen molar-refractivity contribution in [1.29, 1.82) is 0 Å². The van der Waals surface area contributed by atoms with Gasteiger partial charge in [0.15, 0.2) is 5.76 Å². The SMILES string of the molecule is Cc1noc(C)c1S(=O)(=O)N(C)CCC(C)Cl. The normalized spacial score (nSPS) is 14.2. The van der Waals surface area contributed by atoms with Gasteiger partial charge >= 0.3 is 0 Å². The van der Waals surface area contributed by atoms with Crippen LogP contribution in [0.4, 0.5) is 0 Å². The first-order chi connectivity index (χ1) is 7.76. The molecule has 5 nitrogen and oxygen atoms in total. The molecule has 7 heteroatoms. The van der Waals surface area contributed by atoms with Crippen molar-refractivity contribution in [3.8, 4) is 0 Å². The molecule has 0 spiro atoms. The van der Waals surface area contributed by atoms with Gasteiger partial charge in [-0.2, -0.15) is 0 Å². The number of alkyl halides is 1. The maximum Gasteiger partial charge on any atom is 0.248 e. The molecule has 17 heavy (non-hydrogen) atoms. The number of aryl methyl sites for hydroxylation is 2. The number of halogens is 1. The Hall–Kier alpha value is -0.590. The van der Waals surface area contributed by atoms with Crippen LogP contribution in [-0.4, -0.2) is 36.8 Å². The summed E-state index contributed by atoms with van der Waals surface area (Å²) in [5, 5.41) is 3.60. The summed E-state index contributed by atoms with van der Waals surface area (Å²) in [6.07, 6.45) is 0.598. The minimum Gasteiger partial charge on any atom is -0.360 e. The molecule has 1 aromatic heterocycles. The molecule has 1 rings (SSSR count). The lowest BCUT2D eigenvalue weighted by molar-refractivity contribution is 0.389. The summed E-state index contributed by atoms with van der Waals surface area (Å²) in [4.78, 5) is 0.155. The van der Waals surface area contributed by atoms with Crippen molar-refractivity contribution in [2.45, 2.75) is 37.5 Å². The van der Waals surface area contributed by atoms with E-state index in [1.165, 1.54) is 11.4 Å². The predicted molar refractivity (Wildman–Crippen MR) is 65.7 cm³/mol. The summed E-state index contributed by atoms with van der Waals surface area (Å²) >= 11 is 5.81. The molecule has 0 N–H and O–H groups in total. The third-order valence-electron chi connectivity index (χ3n) is 2.48. The van der Waals surface area contributed by atoms with E-state index >= 15 is 0 Å². The number of nitrogens with zero attached hydrogens (tertiary/aromatic N) is 2. The fourth-order valence-electron chi connectivity index (χ4n) is 1.48. The Morgan fingerprint density at radius 2 is 2.06 bits per heavy atom. The van der Waals surface area contributed by atoms with Gasteiger partial charge in [0.1, 0.15) is 10.6 Å². The van der Waals surface area contributed by atoms with Crippen molar-refractivity contribution in [2.75, 3.05) is 13.6 Å². The molecule has 1 atom stereocenters. The van der Waals surface area contributed by atoms with Crippen LogP contribution in [0.5, 0.6) is 0 Å². The van der Waals surface area contributed by atoms with Crippen molar-refractivity contribution in [3.05, 3.63) is 11.5 Å². The monoisotopic (exact) mass is 280 g/mol. The Kier molecular flexibility index (Phi) is 4.57. The second-order valence-electron chi connectivity index (χ2n) is 4.05. The molecule has 0 radical (unpaired) electrons. The average molecular weight is 281 g/mol. The van der Waals surface area contributed by atoms with Gasteiger partial charge in [0.05, 0.1) is 0 Å². The predicted octanol–water partition coefficient (Wildman–Crippen LogP) is 1.93. The van der Waals surface area contributed by atoms with E-state index in [0.717, 1.165) is 0 Å². The molecule has 1 heterocycles. The zero-order valence-corrected chi connectivity index (χ0v) is 12.0. The molecule has 0 amide bonds. The Labute approximate surface area is 107 Å². The van der Waals surface area contributed by atoms with E-state index in [4.69, 9.17) is 16.1 Å². The summed E-state index contributed by atoms with van der Waals surface area (Å²) in [6, 6.07) is 0. The van der Waals surface area contributed by atoms with Gasteiger partial charge in [-0.15, -0.1) is 11.6 Å². The third-order valence-corrected chi connectivity index (χ3v) is 4.80. The van der Waals surface area contributed by atoms with Crippen molar-refractivity contribution in [3.63, 3.8) is 0 Å². The van der Waals surface area contributed by atoms with E-state index < -0.39 is 10.0 Å². The minimum atomic E-state index is -3.53. The first-order valence-corrected chi connectivity index (χ1v) is 7.17. The lowest BCUT2D eigenvalue weighted by atomic mass is 10.3. The summed E-state index contributed by atoms with van der Waals surface area (Å²) in [6.45, 7) is 5.40. The van der Waals surface area contributed by atoms with E-state index in [2.05, 4.69) is 5.16 Å². The van der Waals surface area contributed by atoms with E-state index in [1.54, 1.807) is 13.8 Å². The van der Waals surface area contributed by atoms with Crippen molar-refractivity contribution in [2.24, 2.45) is 0 Å². The van der Waals surface area contributed by atoms with Crippen LogP contribution < -0.4 is 0 Å². The van der Waals surface area contributed by atoms with Crippen molar-refractivity contribution >= 4 is 21.6 Å². The van der Waals surface area contributed by atoms with Crippen molar-refractivity contribution in [1.82, 2.24) is 9.46 Å². The molecule has 1 aromatic rings. The van der Waals surface area contributed by atoms with Gasteiger partial charge in [-0.05, 0) is 27.2 Å². The summed E-state index contributed by atoms with van der Waals surface area (Å²) in [5.41, 5.74) is 0.383. The fourth-order valence-corrected chi connectivity index (χ4v) is 3.04. The summed E-state index contributed by atoms with van der Waals surface area (Å²) < 4.78 is 30.6. The summed E-state index contributed by atoms with van der Waals surface area (Å²) in [7, 11) is -2.01. The topological polar surface area (TPSA) is 63.4 Å². The number of aromatic nitrogens is 1. The van der Waals surface area contributed by atoms with Crippen molar-refractivity contribution < 1.29 is 12.9 Å². The molecule has 0 fully saturated rings. The summed E-state index contributed by atoms with van der Waals surface area (Å²) in [5.74, 6) is 0.313. The van der Waals surface area contributed by atoms with Crippen LogP contribution in [0.3, 0.4) is 0 Å². The highest BCUT2D eigenvalue weighted by atomic mass is 35.5. The van der Waals surface area contributed by atoms with E-state index in [1.807, 2.05) is 6.92 Å². The molecule has 0 aliphatic heterocycles. The standard InChI is InChI=1S/C10H17ClN2O3S/c1-7(11)5-6-13(4)17(14,15)10-8(2)12-16-9(10)3/h7H,5-6H2,1-4H3. The maximum absolute atomic E-state index is 12.2. The molecule has 0 aliphatic carbocycles. The van der Waals surface area contributed by atoms with Gasteiger partial charge in [-0.25, -0.2) is 12.7 Å². The van der Waals surface area contributed by atoms with Gasteiger partial charge < -0.3 is 4.52 Å². The molecule has 0 aromatic carbocycles. The molecule has 0 saturated heterocycles. The zero-order valence-electron chi connectivity index (χ0n) is 10.4. The van der Waals surface area contributed by atoms with E-state index in [0.29, 0.717) is 24.4 Å². The number of hydrogen-bond donors (Lipinski definition) is 0. The zero-order chi connectivity index (χ0) is 13.2. The minimum absolute atomic E-state index is 0.0580. The molecule has 98 valence electrons. The van der Waals surface area contributed by atoms with Gasteiger partial charge in [0, 0.05) is 19.0 Å². The van der Waals surface area contributed by atoms with Crippen LogP contribution in [-0.2, 0) is 10.0 Å². The number of rotatable bonds is 5. The molecule has 1 unspecified atom stereocenters. The molecule has 0 bridgehead atoms. The molecular weight excluding hydrogens is 264 g/mol. The Bertz CT molecular complexity index is 462. The fraction of sp³-hybridized carbons (Fsp3) is 0.700. The smallest absolute Gasteiger partial charge is 0.248 e. The highest BCUT2D eigenvalue weighted by Gasteiger charge is 2.28. The first-order valence-electron chi connectivity index (χ1n) is 5.30. The van der Waals surface area contributed by atoms with Crippen LogP contribution in [0.25, 0.3) is 0 Å². The Morgan fingerprint density at radius 1 is 1.47 bits per heavy atom. The van der Waals surface area contributed by atoms with Gasteiger partial charge in [0.2, 0.25) is 10.0 Å². The highest BCUT2D eigenvalue weighted by molar-refractivity contribution is 7.89. The van der Waals surface area contributed by atoms with Crippen LogP contribution >= 0.6 is 11.6 Å². The molecule has 0 aliphatic rings.